The van der Waals surface area contributed by atoms with Crippen molar-refractivity contribution in [1.82, 2.24) is 0 Å². The molecular weight excluding hydrogens is 112 g/mol. The van der Waals surface area contributed by atoms with E-state index in [9.17, 15) is 0 Å². The van der Waals surface area contributed by atoms with Crippen molar-refractivity contribution in [2.24, 2.45) is 5.92 Å². The van der Waals surface area contributed by atoms with E-state index in [1.54, 1.807) is 0 Å². The van der Waals surface area contributed by atoms with Crippen LogP contribution in [0.3, 0.4) is 0 Å². The largest absolute Gasteiger partial charge is 0.393 e. The van der Waals surface area contributed by atoms with Crippen LogP contribution in [0.5, 0.6) is 0 Å². The molecule has 1 aliphatic rings. The Morgan fingerprint density at radius 3 is 2.78 bits per heavy atom. The van der Waals surface area contributed by atoms with Crippen LogP contribution in [0.15, 0.2) is 0 Å². The first-order valence-electron chi connectivity index (χ1n) is 3.44. The molecule has 1 fully saturated rings. The molecule has 1 saturated carbocycles. The number of aliphatic hydroxyl groups is 1. The van der Waals surface area contributed by atoms with Gasteiger partial charge in [0.05, 0.1) is 6.10 Å². The van der Waals surface area contributed by atoms with Gasteiger partial charge in [-0.1, -0.05) is 0 Å². The summed E-state index contributed by atoms with van der Waals surface area (Å²) in [7, 11) is 0. The molecule has 0 bridgehead atoms. The molecule has 0 aliphatic heterocycles. The smallest absolute Gasteiger partial charge is 0.0543 e. The molecule has 0 aromatic heterocycles. The van der Waals surface area contributed by atoms with Crippen LogP contribution in [0.25, 0.3) is 0 Å². The SMILES string of the molecule is C#CC[C@@H]1CC[C@@H](O)C1. The molecule has 0 spiro atoms. The summed E-state index contributed by atoms with van der Waals surface area (Å²) in [4.78, 5) is 0. The van der Waals surface area contributed by atoms with E-state index in [1.165, 1.54) is 0 Å². The number of aliphatic hydroxyl groups excluding tert-OH is 1. The van der Waals surface area contributed by atoms with E-state index in [1.807, 2.05) is 0 Å². The highest BCUT2D eigenvalue weighted by atomic mass is 16.3. The highest BCUT2D eigenvalue weighted by Crippen LogP contribution is 2.27. The number of hydrogen-bond donors (Lipinski definition) is 1. The van der Waals surface area contributed by atoms with Crippen molar-refractivity contribution >= 4 is 0 Å². The Morgan fingerprint density at radius 1 is 1.56 bits per heavy atom. The van der Waals surface area contributed by atoms with Crippen LogP contribution in [0.4, 0.5) is 0 Å². The van der Waals surface area contributed by atoms with E-state index in [-0.39, 0.29) is 6.10 Å². The fourth-order valence-corrected chi connectivity index (χ4v) is 1.40. The lowest BCUT2D eigenvalue weighted by atomic mass is 10.1. The maximum Gasteiger partial charge on any atom is 0.0543 e. The second-order valence-electron chi connectivity index (χ2n) is 2.74. The monoisotopic (exact) mass is 124 g/mol. The van der Waals surface area contributed by atoms with Crippen molar-refractivity contribution in [3.63, 3.8) is 0 Å². The van der Waals surface area contributed by atoms with Gasteiger partial charge >= 0.3 is 0 Å². The minimum Gasteiger partial charge on any atom is -0.393 e. The molecule has 0 aromatic carbocycles. The van der Waals surface area contributed by atoms with Crippen molar-refractivity contribution in [2.75, 3.05) is 0 Å². The third-order valence-electron chi connectivity index (χ3n) is 1.92. The molecule has 1 rings (SSSR count). The first-order chi connectivity index (χ1) is 4.33. The first kappa shape index (κ1) is 6.64. The van der Waals surface area contributed by atoms with E-state index in [0.717, 1.165) is 25.7 Å². The molecule has 0 aromatic rings. The van der Waals surface area contributed by atoms with Crippen molar-refractivity contribution in [3.05, 3.63) is 0 Å². The summed E-state index contributed by atoms with van der Waals surface area (Å²) in [5.41, 5.74) is 0. The first-order valence-corrected chi connectivity index (χ1v) is 3.44. The van der Waals surface area contributed by atoms with Crippen molar-refractivity contribution in [3.8, 4) is 12.3 Å². The van der Waals surface area contributed by atoms with Crippen LogP contribution < -0.4 is 0 Å². The highest BCUT2D eigenvalue weighted by molar-refractivity contribution is 4.89. The summed E-state index contributed by atoms with van der Waals surface area (Å²) >= 11 is 0. The topological polar surface area (TPSA) is 20.2 Å². The Kier molecular flexibility index (Phi) is 2.13. The number of terminal acetylenes is 1. The average Bonchev–Trinajstić information content (AvgIpc) is 2.17. The summed E-state index contributed by atoms with van der Waals surface area (Å²) in [6.07, 6.45) is 8.89. The Labute approximate surface area is 56.1 Å². The van der Waals surface area contributed by atoms with E-state index in [0.29, 0.717) is 5.92 Å². The van der Waals surface area contributed by atoms with Crippen LogP contribution in [0.2, 0.25) is 0 Å². The molecule has 0 heterocycles. The van der Waals surface area contributed by atoms with Crippen LogP contribution >= 0.6 is 0 Å². The fraction of sp³-hybridized carbons (Fsp3) is 0.750. The second-order valence-corrected chi connectivity index (χ2v) is 2.74. The van der Waals surface area contributed by atoms with Gasteiger partial charge in [-0.05, 0) is 25.2 Å². The zero-order chi connectivity index (χ0) is 6.69. The highest BCUT2D eigenvalue weighted by Gasteiger charge is 2.21. The molecular formula is C8H12O. The molecule has 1 N–H and O–H groups in total. The minimum atomic E-state index is -0.0663. The van der Waals surface area contributed by atoms with Gasteiger partial charge in [-0.25, -0.2) is 0 Å². The van der Waals surface area contributed by atoms with Crippen LogP contribution in [0, 0.1) is 18.3 Å². The van der Waals surface area contributed by atoms with Crippen LogP contribution in [-0.4, -0.2) is 11.2 Å². The van der Waals surface area contributed by atoms with Crippen LogP contribution in [-0.2, 0) is 0 Å². The molecule has 1 aliphatic carbocycles. The van der Waals surface area contributed by atoms with Gasteiger partial charge in [-0.2, -0.15) is 0 Å². The van der Waals surface area contributed by atoms with E-state index >= 15 is 0 Å². The zero-order valence-electron chi connectivity index (χ0n) is 5.51. The lowest BCUT2D eigenvalue weighted by Crippen LogP contribution is -1.99. The summed E-state index contributed by atoms with van der Waals surface area (Å²) in [6, 6.07) is 0. The molecule has 1 heteroatoms. The Balaban J connectivity index is 2.24. The van der Waals surface area contributed by atoms with E-state index < -0.39 is 0 Å². The molecule has 50 valence electrons. The van der Waals surface area contributed by atoms with Gasteiger partial charge in [0.15, 0.2) is 0 Å². The molecule has 9 heavy (non-hydrogen) atoms. The third kappa shape index (κ3) is 1.73. The summed E-state index contributed by atoms with van der Waals surface area (Å²) in [6.45, 7) is 0. The normalized spacial score (nSPS) is 34.2. The van der Waals surface area contributed by atoms with Gasteiger partial charge in [0.25, 0.3) is 0 Å². The quantitative estimate of drug-likeness (QED) is 0.520. The average molecular weight is 124 g/mol. The molecule has 1 nitrogen and oxygen atoms in total. The number of hydrogen-bond acceptors (Lipinski definition) is 1. The number of rotatable bonds is 1. The van der Waals surface area contributed by atoms with Gasteiger partial charge < -0.3 is 5.11 Å². The Morgan fingerprint density at radius 2 is 2.33 bits per heavy atom. The minimum absolute atomic E-state index is 0.0663. The zero-order valence-corrected chi connectivity index (χ0v) is 5.51. The Hall–Kier alpha value is -0.480. The lowest BCUT2D eigenvalue weighted by Gasteiger charge is -2.01. The lowest BCUT2D eigenvalue weighted by molar-refractivity contribution is 0.178. The van der Waals surface area contributed by atoms with E-state index in [4.69, 9.17) is 11.5 Å². The maximum atomic E-state index is 9.06. The van der Waals surface area contributed by atoms with Crippen molar-refractivity contribution < 1.29 is 5.11 Å². The van der Waals surface area contributed by atoms with Crippen molar-refractivity contribution in [1.29, 1.82) is 0 Å². The van der Waals surface area contributed by atoms with Gasteiger partial charge in [-0.3, -0.25) is 0 Å². The second kappa shape index (κ2) is 2.89. The summed E-state index contributed by atoms with van der Waals surface area (Å²) in [5.74, 6) is 3.22. The van der Waals surface area contributed by atoms with Crippen molar-refractivity contribution in [2.45, 2.75) is 31.8 Å². The molecule has 0 amide bonds. The predicted octanol–water partition coefficient (Wildman–Crippen LogP) is 1.17. The molecule has 2 atom stereocenters. The summed E-state index contributed by atoms with van der Waals surface area (Å²) < 4.78 is 0. The van der Waals surface area contributed by atoms with E-state index in [2.05, 4.69) is 5.92 Å². The van der Waals surface area contributed by atoms with Gasteiger partial charge in [-0.15, -0.1) is 12.3 Å². The van der Waals surface area contributed by atoms with Crippen LogP contribution in [0.1, 0.15) is 25.7 Å². The maximum absolute atomic E-state index is 9.06. The fourth-order valence-electron chi connectivity index (χ4n) is 1.40. The predicted molar refractivity (Wildman–Crippen MR) is 36.8 cm³/mol. The molecule has 0 radical (unpaired) electrons. The standard InChI is InChI=1S/C8H12O/c1-2-3-7-4-5-8(9)6-7/h1,7-9H,3-6H2/t7-,8-/m1/s1. The molecule has 0 unspecified atom stereocenters. The van der Waals surface area contributed by atoms with Gasteiger partial charge in [0, 0.05) is 6.42 Å². The third-order valence-corrected chi connectivity index (χ3v) is 1.92. The Bertz CT molecular complexity index is 123. The van der Waals surface area contributed by atoms with Gasteiger partial charge in [0.1, 0.15) is 0 Å². The summed E-state index contributed by atoms with van der Waals surface area (Å²) in [5, 5.41) is 9.06. The van der Waals surface area contributed by atoms with Gasteiger partial charge in [0.2, 0.25) is 0 Å². The molecule has 0 saturated heterocycles.